The Balaban J connectivity index is 0.889. The van der Waals surface area contributed by atoms with E-state index in [1.165, 1.54) is 65.3 Å². The number of allylic oxidation sites excluding steroid dienone is 4. The van der Waals surface area contributed by atoms with Gasteiger partial charge in [-0.1, -0.05) is 158 Å². The number of benzene rings is 4. The van der Waals surface area contributed by atoms with E-state index in [1.807, 2.05) is 37.3 Å². The molecule has 18 atom stereocenters. The normalized spacial score (nSPS) is 28.1. The number of epoxide rings is 1. The third-order valence-electron chi connectivity index (χ3n) is 23.8. The molecule has 4 aromatic carbocycles. The van der Waals surface area contributed by atoms with Gasteiger partial charge in [0.05, 0.1) is 49.4 Å². The number of ketones is 1. The van der Waals surface area contributed by atoms with Crippen molar-refractivity contribution >= 4 is 137 Å². The number of aromatic hydroxyl groups is 1. The molecule has 0 spiro atoms. The number of likely N-dealkylation sites (N-methyl/N-ethyl adjacent to an activating group) is 1. The maximum absolute atomic E-state index is 15.3. The Morgan fingerprint density at radius 2 is 1.56 bits per heavy atom. The summed E-state index contributed by atoms with van der Waals surface area (Å²) in [6.07, 6.45) is 0.577. The molecule has 4 heterocycles. The molecule has 16 N–H and O–H groups in total. The number of anilines is 1. The van der Waals surface area contributed by atoms with Crippen LogP contribution in [-0.4, -0.2) is 238 Å². The number of phenolic OH excluding ortho intramolecular Hbond substituents is 1. The van der Waals surface area contributed by atoms with E-state index in [9.17, 15) is 44.1 Å². The number of primary amides is 1. The van der Waals surface area contributed by atoms with Crippen molar-refractivity contribution in [2.24, 2.45) is 35.0 Å². The minimum atomic E-state index is -2.49. The van der Waals surface area contributed by atoms with Crippen LogP contribution in [0.1, 0.15) is 121 Å². The Bertz CT molecular complexity index is 4720. The summed E-state index contributed by atoms with van der Waals surface area (Å²) in [6, 6.07) is 14.0. The highest BCUT2D eigenvalue weighted by Gasteiger charge is 2.83. The minimum Gasteiger partial charge on any atom is -0.508 e. The van der Waals surface area contributed by atoms with Gasteiger partial charge in [-0.15, -0.1) is 0 Å². The standard InChI is InChI=1S/C87H113ClN12O20S4/c1-46-20-19-26-66(117-11)87(115)72-71(118-83(114)98-87)47(2)74-85(7,119-74)86(72,43-68(105)100(9)63-39-52(36-46)40-65(116-10)69(63)88)120-82(113)48(3)99(8)67(104)33-35-121-124-84(5,6)73(75(91)106)97-80(111)62-45-123-122-44-61(94-77(108)58(90)38-50-21-13-12-14-22-50)64(103)42-55(37-51-27-31-56(102)32-28-51)76(107)93-60(41-54-30-29-53-23-15-16-24-57(53)54)79(110)92-59(25-17-18-34-89)78(109)96-70(49(4)101)81(112)95-62/h12-16,19-24,26-28,30-32,39-40,47-49,55,58-62,66,70-74,101-102,115H,17-18,25,29,33-38,41-45,89-90H2,1-11H3,(H2,91,106)(H,92,110)(H,93,107)(H,94,108)(H,95,112)(H,96,109)(H,97,111)(H,98,114)/b26-19+,46-20+/t47-,48+,49-,55-,58-,59+,60-,61+,62+,66-,70+,71-,72?,73-,74+,85-,86-,87-/m1/s1. The number of hydrogen-bond donors (Lipinski definition) is 13. The first-order valence-corrected chi connectivity index (χ1v) is 46.3. The zero-order valence-corrected chi connectivity index (χ0v) is 75.2. The summed E-state index contributed by atoms with van der Waals surface area (Å²) in [5.74, 6) is -13.1. The molecule has 37 heteroatoms. The van der Waals surface area contributed by atoms with E-state index < -0.39 is 196 Å². The SMILES string of the molecule is COc1cc2cc(c1Cl)N(C)C(=O)C[C@@]1(OC(=O)[C@H](C)N(C)C(=O)CCSSC(C)(C)[C@H](NC(=O)[C@@H]3CSSC[C@H](NC(=O)[C@H](N)Cc4ccccc4)C(=O)C[C@@H](Cc4ccc(O)cc4)C(=O)N[C@H](CC4=CCc5ccccc54)C(=O)N[C@@H](CCCCN)C(=O)N[C@@H]([C@@H](C)O)C(=O)N3)C(N)=O)C3[C@H](OC(=O)N[C@@]3(O)[C@H](OC)/C=C/C=C(\C)C2)[C@@H](C)[C@@H]2O[C@]21C. The van der Waals surface area contributed by atoms with Crippen molar-refractivity contribution in [2.45, 2.75) is 214 Å². The van der Waals surface area contributed by atoms with Crippen molar-refractivity contribution < 1.29 is 96.5 Å². The van der Waals surface area contributed by atoms with Crippen LogP contribution < -0.4 is 64.1 Å². The first kappa shape index (κ1) is 97.0. The fourth-order valence-corrected chi connectivity index (χ4v) is 21.8. The summed E-state index contributed by atoms with van der Waals surface area (Å²) < 4.78 is 29.6. The number of Topliss-reactive ketones (excluding diaryl/α,β-unsaturated/α-hetero) is 1. The molecule has 6 aliphatic rings. The predicted molar refractivity (Wildman–Crippen MR) is 474 cm³/mol. The van der Waals surface area contributed by atoms with Crippen LogP contribution in [-0.2, 0) is 97.4 Å². The van der Waals surface area contributed by atoms with Crippen molar-refractivity contribution in [3.8, 4) is 11.5 Å². The molecule has 4 aliphatic heterocycles. The van der Waals surface area contributed by atoms with Gasteiger partial charge >= 0.3 is 12.1 Å². The number of unbranched alkanes of at least 4 members (excludes halogenated alkanes) is 1. The fourth-order valence-electron chi connectivity index (χ4n) is 16.5. The number of amides is 10. The number of fused-ring (bicyclic) bond motifs is 5. The van der Waals surface area contributed by atoms with Gasteiger partial charge < -0.3 is 97.9 Å². The molecule has 4 aromatic rings. The number of alkyl carbamates (subject to hydrolysis) is 1. The third kappa shape index (κ3) is 23.0. The van der Waals surface area contributed by atoms with Crippen molar-refractivity contribution in [1.29, 1.82) is 0 Å². The maximum atomic E-state index is 15.3. The van der Waals surface area contributed by atoms with Crippen LogP contribution in [0.4, 0.5) is 10.5 Å². The lowest BCUT2D eigenvalue weighted by Crippen LogP contribution is -2.79. The van der Waals surface area contributed by atoms with Gasteiger partial charge in [0, 0.05) is 74.3 Å². The number of nitrogens with one attached hydrogen (secondary N) is 7. The maximum Gasteiger partial charge on any atom is 0.409 e. The number of esters is 1. The van der Waals surface area contributed by atoms with Crippen molar-refractivity contribution in [3.05, 3.63) is 154 Å². The predicted octanol–water partition coefficient (Wildman–Crippen LogP) is 5.10. The van der Waals surface area contributed by atoms with Crippen molar-refractivity contribution in [1.82, 2.24) is 42.1 Å². The molecule has 0 radical (unpaired) electrons. The van der Waals surface area contributed by atoms with E-state index in [0.29, 0.717) is 30.4 Å². The highest BCUT2D eigenvalue weighted by molar-refractivity contribution is 8.77. The van der Waals surface area contributed by atoms with Gasteiger partial charge in [0.25, 0.3) is 0 Å². The minimum absolute atomic E-state index is 0.0113. The van der Waals surface area contributed by atoms with Crippen molar-refractivity contribution in [3.63, 3.8) is 0 Å². The van der Waals surface area contributed by atoms with Gasteiger partial charge in [-0.3, -0.25) is 53.3 Å². The van der Waals surface area contributed by atoms with Crippen LogP contribution in [0.3, 0.4) is 0 Å². The second-order valence-corrected chi connectivity index (χ2v) is 39.0. The van der Waals surface area contributed by atoms with E-state index in [2.05, 4.69) is 37.2 Å². The second kappa shape index (κ2) is 42.4. The van der Waals surface area contributed by atoms with Crippen LogP contribution in [0.15, 0.2) is 121 Å². The van der Waals surface area contributed by atoms with Crippen LogP contribution in [0, 0.1) is 17.8 Å². The van der Waals surface area contributed by atoms with E-state index in [4.69, 9.17) is 52.5 Å². The molecule has 1 saturated carbocycles. The van der Waals surface area contributed by atoms with Gasteiger partial charge in [0.1, 0.15) is 70.6 Å². The molecule has 2 bridgehead atoms. The van der Waals surface area contributed by atoms with E-state index >= 15 is 28.8 Å². The first-order valence-electron chi connectivity index (χ1n) is 41.1. The number of hydrogen-bond acceptors (Lipinski definition) is 26. The Kier molecular flexibility index (Phi) is 33.2. The lowest BCUT2D eigenvalue weighted by molar-refractivity contribution is -0.265. The molecule has 10 amide bonds. The summed E-state index contributed by atoms with van der Waals surface area (Å²) in [6.45, 7) is 11.2. The number of aliphatic hydroxyl groups is 2. The van der Waals surface area contributed by atoms with Gasteiger partial charge in [0.2, 0.25) is 53.2 Å². The van der Waals surface area contributed by atoms with Crippen LogP contribution in [0.5, 0.6) is 11.5 Å². The molecular weight excluding hydrogens is 1700 g/mol. The number of carbonyl (C=O) groups is 12. The Morgan fingerprint density at radius 3 is 2.25 bits per heavy atom. The summed E-state index contributed by atoms with van der Waals surface area (Å²) in [5.41, 5.74) is 17.8. The highest BCUT2D eigenvalue weighted by atomic mass is 35.5. The Labute approximate surface area is 741 Å². The number of nitrogens with zero attached hydrogens (tertiary/aromatic N) is 2. The Hall–Kier alpha value is -9.21. The quantitative estimate of drug-likeness (QED) is 0.0160. The van der Waals surface area contributed by atoms with Crippen LogP contribution >= 0.6 is 54.8 Å². The first-order chi connectivity index (χ1) is 58.8. The summed E-state index contributed by atoms with van der Waals surface area (Å²) in [4.78, 5) is 179. The van der Waals surface area contributed by atoms with Crippen LogP contribution in [0.25, 0.3) is 5.57 Å². The molecule has 4 fully saturated rings. The number of halogens is 1. The molecule has 2 aliphatic carbocycles. The van der Waals surface area contributed by atoms with E-state index in [-0.39, 0.29) is 84.5 Å². The van der Waals surface area contributed by atoms with Crippen LogP contribution in [0.2, 0.25) is 5.02 Å². The Morgan fingerprint density at radius 1 is 0.879 bits per heavy atom. The lowest BCUT2D eigenvalue weighted by atomic mass is 9.57. The smallest absolute Gasteiger partial charge is 0.409 e. The van der Waals surface area contributed by atoms with E-state index in [1.54, 1.807) is 94.4 Å². The number of rotatable bonds is 27. The topological polar surface area (TPSA) is 484 Å². The summed E-state index contributed by atoms with van der Waals surface area (Å²) >= 11 is 6.97. The monoisotopic (exact) mass is 1810 g/mol. The average Bonchev–Trinajstić information content (AvgIpc) is 1.48. The molecule has 124 heavy (non-hydrogen) atoms. The number of phenols is 1. The number of aliphatic hydroxyl groups excluding tert-OH is 1. The van der Waals surface area contributed by atoms with Gasteiger partial charge in [-0.2, -0.15) is 0 Å². The zero-order valence-electron chi connectivity index (χ0n) is 71.2. The van der Waals surface area contributed by atoms with Gasteiger partial charge in [0.15, 0.2) is 17.1 Å². The van der Waals surface area contributed by atoms with Crippen molar-refractivity contribution in [2.75, 3.05) is 57.0 Å². The highest BCUT2D eigenvalue weighted by Crippen LogP contribution is 2.65. The summed E-state index contributed by atoms with van der Waals surface area (Å²) in [7, 11) is 9.68. The molecule has 3 saturated heterocycles. The summed E-state index contributed by atoms with van der Waals surface area (Å²) in [5, 5.41) is 54.1. The number of nitrogens with two attached hydrogens (primary N) is 3. The number of carbonyl (C=O) groups excluding carboxylic acids is 12. The molecule has 32 nitrogen and oxygen atoms in total. The lowest BCUT2D eigenvalue weighted by Gasteiger charge is -2.58. The molecule has 0 aromatic heterocycles. The molecule has 1 unspecified atom stereocenters. The second-order valence-electron chi connectivity index (χ2n) is 33.0. The largest absolute Gasteiger partial charge is 0.508 e. The average molecular weight is 1810 g/mol. The third-order valence-corrected chi connectivity index (χ3v) is 29.9. The van der Waals surface area contributed by atoms with Gasteiger partial charge in [-0.05, 0) is 151 Å². The molecular formula is C87H113ClN12O20S4. The van der Waals surface area contributed by atoms with E-state index in [0.717, 1.165) is 75.9 Å². The zero-order chi connectivity index (χ0) is 90.4. The number of methoxy groups -OCH3 is 2. The molecule has 10 rings (SSSR count). The fraction of sp³-hybridized carbons (Fsp3) is 0.517. The number of ether oxygens (including phenoxy) is 5. The molecule has 672 valence electrons. The van der Waals surface area contributed by atoms with Gasteiger partial charge in [-0.25, -0.2) is 9.59 Å².